The van der Waals surface area contributed by atoms with E-state index in [1.54, 1.807) is 36.7 Å². The van der Waals surface area contributed by atoms with E-state index in [-0.39, 0.29) is 5.91 Å². The summed E-state index contributed by atoms with van der Waals surface area (Å²) >= 11 is 1.34. The molecule has 0 radical (unpaired) electrons. The van der Waals surface area contributed by atoms with Crippen LogP contribution in [0.3, 0.4) is 0 Å². The monoisotopic (exact) mass is 288 g/mol. The molecule has 1 aromatic heterocycles. The number of anilines is 1. The van der Waals surface area contributed by atoms with Crippen LogP contribution >= 0.6 is 11.3 Å². The highest BCUT2D eigenvalue weighted by Crippen LogP contribution is 2.18. The van der Waals surface area contributed by atoms with Crippen molar-refractivity contribution in [2.45, 2.75) is 6.92 Å². The Balaban J connectivity index is 2.26. The van der Waals surface area contributed by atoms with Crippen molar-refractivity contribution in [3.63, 3.8) is 0 Å². The zero-order chi connectivity index (χ0) is 14.5. The molecule has 2 rings (SSSR count). The van der Waals surface area contributed by atoms with Crippen LogP contribution in [-0.2, 0) is 4.79 Å². The lowest BCUT2D eigenvalue weighted by Gasteiger charge is -2.08. The Hall–Kier alpha value is -2.47. The van der Waals surface area contributed by atoms with Gasteiger partial charge in [0.05, 0.1) is 0 Å². The number of carboxylic acid groups (broad SMARTS) is 1. The number of rotatable bonds is 4. The van der Waals surface area contributed by atoms with Crippen molar-refractivity contribution in [2.75, 3.05) is 5.32 Å². The summed E-state index contributed by atoms with van der Waals surface area (Å²) in [7, 11) is 0. The Morgan fingerprint density at radius 2 is 2.20 bits per heavy atom. The van der Waals surface area contributed by atoms with Crippen LogP contribution in [0.25, 0.3) is 6.08 Å². The van der Waals surface area contributed by atoms with Crippen molar-refractivity contribution in [1.82, 2.24) is 4.98 Å². The first kappa shape index (κ1) is 14.0. The molecule has 0 spiro atoms. The van der Waals surface area contributed by atoms with Gasteiger partial charge in [0, 0.05) is 23.2 Å². The molecule has 0 aliphatic carbocycles. The van der Waals surface area contributed by atoms with Gasteiger partial charge < -0.3 is 5.11 Å². The molecule has 0 atom stereocenters. The SMILES string of the molecule is Cc1c(C=CC(=O)O)cccc1C(=O)Nc1nccs1. The maximum absolute atomic E-state index is 12.1. The van der Waals surface area contributed by atoms with Crippen LogP contribution in [0.4, 0.5) is 5.13 Å². The fourth-order valence-corrected chi connectivity index (χ4v) is 2.21. The number of amides is 1. The van der Waals surface area contributed by atoms with Gasteiger partial charge in [0.2, 0.25) is 0 Å². The first-order chi connectivity index (χ1) is 9.58. The van der Waals surface area contributed by atoms with Crippen LogP contribution in [0.15, 0.2) is 35.9 Å². The predicted molar refractivity (Wildman–Crippen MR) is 77.9 cm³/mol. The molecular formula is C14H12N2O3S. The summed E-state index contributed by atoms with van der Waals surface area (Å²) in [6, 6.07) is 5.16. The van der Waals surface area contributed by atoms with Gasteiger partial charge in [0.15, 0.2) is 5.13 Å². The molecule has 1 aromatic carbocycles. The number of aromatic nitrogens is 1. The van der Waals surface area contributed by atoms with Crippen LogP contribution in [0.5, 0.6) is 0 Å². The minimum absolute atomic E-state index is 0.261. The number of nitrogens with zero attached hydrogens (tertiary/aromatic N) is 1. The van der Waals surface area contributed by atoms with E-state index in [0.717, 1.165) is 11.6 Å². The lowest BCUT2D eigenvalue weighted by molar-refractivity contribution is -0.131. The maximum Gasteiger partial charge on any atom is 0.328 e. The van der Waals surface area contributed by atoms with Crippen molar-refractivity contribution in [2.24, 2.45) is 0 Å². The van der Waals surface area contributed by atoms with E-state index >= 15 is 0 Å². The van der Waals surface area contributed by atoms with Gasteiger partial charge in [-0.2, -0.15) is 0 Å². The van der Waals surface area contributed by atoms with Crippen molar-refractivity contribution in [3.05, 3.63) is 52.5 Å². The van der Waals surface area contributed by atoms with Gasteiger partial charge in [-0.3, -0.25) is 10.1 Å². The Kier molecular flexibility index (Phi) is 4.27. The van der Waals surface area contributed by atoms with Crippen LogP contribution < -0.4 is 5.32 Å². The first-order valence-electron chi connectivity index (χ1n) is 5.79. The number of benzene rings is 1. The molecule has 0 fully saturated rings. The third-order valence-electron chi connectivity index (χ3n) is 2.68. The summed E-state index contributed by atoms with van der Waals surface area (Å²) in [4.78, 5) is 26.7. The van der Waals surface area contributed by atoms with E-state index in [1.807, 2.05) is 0 Å². The van der Waals surface area contributed by atoms with Gasteiger partial charge in [0.1, 0.15) is 0 Å². The number of hydrogen-bond acceptors (Lipinski definition) is 4. The molecule has 0 saturated heterocycles. The average Bonchev–Trinajstić information content (AvgIpc) is 2.90. The van der Waals surface area contributed by atoms with Crippen LogP contribution in [0.1, 0.15) is 21.5 Å². The van der Waals surface area contributed by atoms with E-state index in [0.29, 0.717) is 16.3 Å². The summed E-state index contributed by atoms with van der Waals surface area (Å²) in [6.07, 6.45) is 4.13. The lowest BCUT2D eigenvalue weighted by atomic mass is 10.0. The highest BCUT2D eigenvalue weighted by atomic mass is 32.1. The molecule has 102 valence electrons. The van der Waals surface area contributed by atoms with E-state index in [2.05, 4.69) is 10.3 Å². The molecule has 1 amide bonds. The second-order valence-corrected chi connectivity index (χ2v) is 4.88. The topological polar surface area (TPSA) is 79.3 Å². The van der Waals surface area contributed by atoms with Gasteiger partial charge in [-0.1, -0.05) is 12.1 Å². The zero-order valence-corrected chi connectivity index (χ0v) is 11.5. The van der Waals surface area contributed by atoms with Crippen LogP contribution in [0.2, 0.25) is 0 Å². The highest BCUT2D eigenvalue weighted by molar-refractivity contribution is 7.13. The fourth-order valence-electron chi connectivity index (χ4n) is 1.69. The van der Waals surface area contributed by atoms with Gasteiger partial charge in [-0.05, 0) is 30.2 Å². The quantitative estimate of drug-likeness (QED) is 0.848. The third-order valence-corrected chi connectivity index (χ3v) is 3.37. The number of carbonyl (C=O) groups excluding carboxylic acids is 1. The Labute approximate surface area is 119 Å². The normalized spacial score (nSPS) is 10.7. The van der Waals surface area contributed by atoms with E-state index in [9.17, 15) is 9.59 Å². The Bertz CT molecular complexity index is 663. The van der Waals surface area contributed by atoms with E-state index in [1.165, 1.54) is 17.4 Å². The smallest absolute Gasteiger partial charge is 0.328 e. The first-order valence-corrected chi connectivity index (χ1v) is 6.67. The number of carbonyl (C=O) groups is 2. The number of aliphatic carboxylic acids is 1. The van der Waals surface area contributed by atoms with Crippen LogP contribution in [-0.4, -0.2) is 22.0 Å². The molecule has 20 heavy (non-hydrogen) atoms. The average molecular weight is 288 g/mol. The van der Waals surface area contributed by atoms with Crippen LogP contribution in [0, 0.1) is 6.92 Å². The summed E-state index contributed by atoms with van der Waals surface area (Å²) in [5, 5.41) is 13.6. The standard InChI is InChI=1S/C14H12N2O3S/c1-9-10(5-6-12(17)18)3-2-4-11(9)13(19)16-14-15-7-8-20-14/h2-8H,1H3,(H,17,18)(H,15,16,19). The maximum atomic E-state index is 12.1. The second kappa shape index (κ2) is 6.12. The molecule has 0 saturated carbocycles. The molecule has 0 bridgehead atoms. The zero-order valence-electron chi connectivity index (χ0n) is 10.7. The van der Waals surface area contributed by atoms with Crippen molar-refractivity contribution < 1.29 is 14.7 Å². The number of hydrogen-bond donors (Lipinski definition) is 2. The fraction of sp³-hybridized carbons (Fsp3) is 0.0714. The van der Waals surface area contributed by atoms with Gasteiger partial charge >= 0.3 is 5.97 Å². The molecule has 2 N–H and O–H groups in total. The summed E-state index contributed by atoms with van der Waals surface area (Å²) in [6.45, 7) is 1.78. The lowest BCUT2D eigenvalue weighted by Crippen LogP contribution is -2.13. The molecule has 6 heteroatoms. The number of carboxylic acids is 1. The molecular weight excluding hydrogens is 276 g/mol. The van der Waals surface area contributed by atoms with Gasteiger partial charge in [-0.25, -0.2) is 9.78 Å². The number of nitrogens with one attached hydrogen (secondary N) is 1. The van der Waals surface area contributed by atoms with Crippen molar-refractivity contribution >= 4 is 34.4 Å². The second-order valence-electron chi connectivity index (χ2n) is 3.98. The largest absolute Gasteiger partial charge is 0.478 e. The number of thiazole rings is 1. The third kappa shape index (κ3) is 3.30. The Morgan fingerprint density at radius 1 is 1.40 bits per heavy atom. The summed E-state index contributed by atoms with van der Waals surface area (Å²) in [5.41, 5.74) is 1.91. The highest BCUT2D eigenvalue weighted by Gasteiger charge is 2.11. The minimum atomic E-state index is -1.03. The molecule has 1 heterocycles. The predicted octanol–water partition coefficient (Wildman–Crippen LogP) is 2.80. The summed E-state index contributed by atoms with van der Waals surface area (Å²) < 4.78 is 0. The Morgan fingerprint density at radius 3 is 2.85 bits per heavy atom. The molecule has 0 aliphatic heterocycles. The summed E-state index contributed by atoms with van der Waals surface area (Å²) in [5.74, 6) is -1.29. The molecule has 2 aromatic rings. The van der Waals surface area contributed by atoms with Gasteiger partial charge in [0.25, 0.3) is 5.91 Å². The molecule has 0 aliphatic rings. The molecule has 0 unspecified atom stereocenters. The van der Waals surface area contributed by atoms with Gasteiger partial charge in [-0.15, -0.1) is 11.3 Å². The molecule has 5 nitrogen and oxygen atoms in total. The van der Waals surface area contributed by atoms with Crippen molar-refractivity contribution in [1.29, 1.82) is 0 Å². The van der Waals surface area contributed by atoms with Crippen molar-refractivity contribution in [3.8, 4) is 0 Å². The minimum Gasteiger partial charge on any atom is -0.478 e. The van der Waals surface area contributed by atoms with E-state index in [4.69, 9.17) is 5.11 Å². The van der Waals surface area contributed by atoms with E-state index < -0.39 is 5.97 Å².